The van der Waals surface area contributed by atoms with Gasteiger partial charge in [-0.25, -0.2) is 9.37 Å². The molecule has 0 radical (unpaired) electrons. The Morgan fingerprint density at radius 2 is 1.67 bits per heavy atom. The Bertz CT molecular complexity index is 815. The van der Waals surface area contributed by atoms with Crippen molar-refractivity contribution in [3.63, 3.8) is 0 Å². The number of anilines is 2. The Morgan fingerprint density at radius 3 is 2.38 bits per heavy atom. The Morgan fingerprint density at radius 1 is 0.952 bits per heavy atom. The summed E-state index contributed by atoms with van der Waals surface area (Å²) in [4.78, 5) is 18.8. The van der Waals surface area contributed by atoms with Crippen molar-refractivity contribution in [1.82, 2.24) is 9.97 Å². The lowest BCUT2D eigenvalue weighted by molar-refractivity contribution is 0.631. The van der Waals surface area contributed by atoms with Crippen LogP contribution >= 0.6 is 0 Å². The summed E-state index contributed by atoms with van der Waals surface area (Å²) in [6.07, 6.45) is 1.36. The molecule has 2 aromatic carbocycles. The van der Waals surface area contributed by atoms with Crippen LogP contribution in [0.1, 0.15) is 0 Å². The van der Waals surface area contributed by atoms with Gasteiger partial charge in [0.15, 0.2) is 0 Å². The van der Waals surface area contributed by atoms with Crippen LogP contribution in [0.25, 0.3) is 11.1 Å². The van der Waals surface area contributed by atoms with Crippen LogP contribution in [-0.2, 0) is 0 Å². The molecule has 21 heavy (non-hydrogen) atoms. The zero-order valence-electron chi connectivity index (χ0n) is 11.0. The van der Waals surface area contributed by atoms with Crippen LogP contribution in [0.15, 0.2) is 65.6 Å². The van der Waals surface area contributed by atoms with Crippen molar-refractivity contribution in [2.24, 2.45) is 0 Å². The van der Waals surface area contributed by atoms with E-state index in [9.17, 15) is 9.18 Å². The molecule has 0 spiro atoms. The number of benzene rings is 2. The first-order valence-electron chi connectivity index (χ1n) is 6.40. The number of nitrogens with one attached hydrogen (secondary N) is 2. The first kappa shape index (κ1) is 13.1. The van der Waals surface area contributed by atoms with Gasteiger partial charge in [-0.3, -0.25) is 9.78 Å². The fourth-order valence-corrected chi connectivity index (χ4v) is 1.99. The summed E-state index contributed by atoms with van der Waals surface area (Å²) in [7, 11) is 0. The van der Waals surface area contributed by atoms with E-state index in [1.807, 2.05) is 30.3 Å². The second-order valence-corrected chi connectivity index (χ2v) is 4.45. The van der Waals surface area contributed by atoms with E-state index in [1.165, 1.54) is 12.3 Å². The van der Waals surface area contributed by atoms with Crippen LogP contribution in [0, 0.1) is 5.82 Å². The SMILES string of the molecule is O=c1[nH]c(Nc2ccccc2)ncc1-c1ccccc1F. The van der Waals surface area contributed by atoms with Crippen molar-refractivity contribution in [2.45, 2.75) is 0 Å². The van der Waals surface area contributed by atoms with Gasteiger partial charge in [0.2, 0.25) is 5.95 Å². The minimum atomic E-state index is -0.450. The molecule has 0 unspecified atom stereocenters. The largest absolute Gasteiger partial charge is 0.326 e. The molecule has 0 saturated carbocycles. The smallest absolute Gasteiger partial charge is 0.260 e. The Balaban J connectivity index is 1.94. The van der Waals surface area contributed by atoms with Crippen LogP contribution in [0.5, 0.6) is 0 Å². The second-order valence-electron chi connectivity index (χ2n) is 4.45. The molecule has 1 heterocycles. The molecule has 0 aliphatic carbocycles. The van der Waals surface area contributed by atoms with E-state index in [2.05, 4.69) is 15.3 Å². The molecule has 0 bridgehead atoms. The normalized spacial score (nSPS) is 10.3. The molecule has 1 aromatic heterocycles. The monoisotopic (exact) mass is 281 g/mol. The highest BCUT2D eigenvalue weighted by molar-refractivity contribution is 5.63. The predicted octanol–water partition coefficient (Wildman–Crippen LogP) is 3.32. The van der Waals surface area contributed by atoms with Gasteiger partial charge in [0.25, 0.3) is 5.56 Å². The number of aromatic amines is 1. The van der Waals surface area contributed by atoms with Crippen LogP contribution in [0.4, 0.5) is 16.0 Å². The summed E-state index contributed by atoms with van der Waals surface area (Å²) in [6.45, 7) is 0. The number of nitrogens with zero attached hydrogens (tertiary/aromatic N) is 1. The van der Waals surface area contributed by atoms with Crippen LogP contribution in [0.2, 0.25) is 0 Å². The first-order chi connectivity index (χ1) is 10.2. The molecule has 0 saturated heterocycles. The third-order valence-corrected chi connectivity index (χ3v) is 3.00. The van der Waals surface area contributed by atoms with Gasteiger partial charge in [-0.1, -0.05) is 36.4 Å². The number of halogens is 1. The van der Waals surface area contributed by atoms with Crippen LogP contribution in [0.3, 0.4) is 0 Å². The highest BCUT2D eigenvalue weighted by atomic mass is 19.1. The van der Waals surface area contributed by atoms with E-state index in [0.29, 0.717) is 5.95 Å². The van der Waals surface area contributed by atoms with Crippen molar-refractivity contribution in [3.05, 3.63) is 77.0 Å². The molecule has 4 nitrogen and oxygen atoms in total. The lowest BCUT2D eigenvalue weighted by Crippen LogP contribution is -2.13. The quantitative estimate of drug-likeness (QED) is 0.774. The zero-order valence-corrected chi connectivity index (χ0v) is 11.0. The maximum atomic E-state index is 13.7. The van der Waals surface area contributed by atoms with Crippen LogP contribution in [-0.4, -0.2) is 9.97 Å². The van der Waals surface area contributed by atoms with Crippen molar-refractivity contribution >= 4 is 11.6 Å². The molecule has 104 valence electrons. The summed E-state index contributed by atoms with van der Waals surface area (Å²) < 4.78 is 13.7. The number of hydrogen-bond acceptors (Lipinski definition) is 3. The minimum absolute atomic E-state index is 0.201. The maximum Gasteiger partial charge on any atom is 0.260 e. The van der Waals surface area contributed by atoms with Crippen molar-refractivity contribution in [3.8, 4) is 11.1 Å². The molecule has 3 aromatic rings. The number of aromatic nitrogens is 2. The lowest BCUT2D eigenvalue weighted by Gasteiger charge is -2.06. The number of H-pyrrole nitrogens is 1. The fraction of sp³-hybridized carbons (Fsp3) is 0. The van der Waals surface area contributed by atoms with E-state index in [4.69, 9.17) is 0 Å². The summed E-state index contributed by atoms with van der Waals surface area (Å²) >= 11 is 0. The van der Waals surface area contributed by atoms with Crippen LogP contribution < -0.4 is 10.9 Å². The average molecular weight is 281 g/mol. The molecule has 2 N–H and O–H groups in total. The Kier molecular flexibility index (Phi) is 3.47. The molecule has 5 heteroatoms. The van der Waals surface area contributed by atoms with Gasteiger partial charge >= 0.3 is 0 Å². The zero-order chi connectivity index (χ0) is 14.7. The van der Waals surface area contributed by atoms with Gasteiger partial charge in [-0.15, -0.1) is 0 Å². The molecular formula is C16H12FN3O. The lowest BCUT2D eigenvalue weighted by atomic mass is 10.1. The van der Waals surface area contributed by atoms with E-state index in [-0.39, 0.29) is 11.1 Å². The predicted molar refractivity (Wildman–Crippen MR) is 80.0 cm³/mol. The summed E-state index contributed by atoms with van der Waals surface area (Å²) in [6, 6.07) is 15.4. The van der Waals surface area contributed by atoms with Gasteiger partial charge in [0.05, 0.1) is 5.56 Å². The third kappa shape index (κ3) is 2.81. The van der Waals surface area contributed by atoms with E-state index in [1.54, 1.807) is 18.2 Å². The molecule has 0 atom stereocenters. The Labute approximate surface area is 120 Å². The van der Waals surface area contributed by atoms with Crippen molar-refractivity contribution in [1.29, 1.82) is 0 Å². The highest BCUT2D eigenvalue weighted by Crippen LogP contribution is 2.19. The maximum absolute atomic E-state index is 13.7. The topological polar surface area (TPSA) is 57.8 Å². The summed E-state index contributed by atoms with van der Waals surface area (Å²) in [5.74, 6) is -0.139. The van der Waals surface area contributed by atoms with Gasteiger partial charge in [-0.05, 0) is 18.2 Å². The second kappa shape index (κ2) is 5.58. The van der Waals surface area contributed by atoms with E-state index < -0.39 is 11.4 Å². The van der Waals surface area contributed by atoms with Gasteiger partial charge in [-0.2, -0.15) is 0 Å². The minimum Gasteiger partial charge on any atom is -0.326 e. The number of rotatable bonds is 3. The molecule has 0 aliphatic heterocycles. The van der Waals surface area contributed by atoms with E-state index >= 15 is 0 Å². The molecule has 0 fully saturated rings. The van der Waals surface area contributed by atoms with E-state index in [0.717, 1.165) is 5.69 Å². The molecular weight excluding hydrogens is 269 g/mol. The highest BCUT2D eigenvalue weighted by Gasteiger charge is 2.09. The van der Waals surface area contributed by atoms with Crippen molar-refractivity contribution in [2.75, 3.05) is 5.32 Å². The van der Waals surface area contributed by atoms with Gasteiger partial charge in [0.1, 0.15) is 5.82 Å². The fourth-order valence-electron chi connectivity index (χ4n) is 1.99. The number of hydrogen-bond donors (Lipinski definition) is 2. The third-order valence-electron chi connectivity index (χ3n) is 3.00. The molecule has 0 aliphatic rings. The standard InChI is InChI=1S/C16H12FN3O/c17-14-9-5-4-8-12(14)13-10-18-16(20-15(13)21)19-11-6-2-1-3-7-11/h1-10H,(H2,18,19,20,21). The Hall–Kier alpha value is -2.95. The first-order valence-corrected chi connectivity index (χ1v) is 6.40. The van der Waals surface area contributed by atoms with Gasteiger partial charge < -0.3 is 5.32 Å². The summed E-state index contributed by atoms with van der Waals surface area (Å²) in [5.41, 5.74) is 0.844. The molecule has 0 amide bonds. The van der Waals surface area contributed by atoms with Gasteiger partial charge in [0, 0.05) is 17.4 Å². The summed E-state index contributed by atoms with van der Waals surface area (Å²) in [5, 5.41) is 2.98. The van der Waals surface area contributed by atoms with Crippen molar-refractivity contribution < 1.29 is 4.39 Å². The number of para-hydroxylation sites is 1. The molecule has 3 rings (SSSR count). The average Bonchev–Trinajstić information content (AvgIpc) is 2.50.